The van der Waals surface area contributed by atoms with E-state index in [1.807, 2.05) is 4.90 Å². The summed E-state index contributed by atoms with van der Waals surface area (Å²) in [6.07, 6.45) is 2.54. The number of nitrogens with zero attached hydrogens (tertiary/aromatic N) is 4. The molecule has 104 valence electrons. The highest BCUT2D eigenvalue weighted by Crippen LogP contribution is 2.26. The van der Waals surface area contributed by atoms with Crippen molar-refractivity contribution < 1.29 is 4.79 Å². The third kappa shape index (κ3) is 2.35. The maximum atomic E-state index is 12.4. The number of hydrogen-bond acceptors (Lipinski definition) is 3. The second kappa shape index (κ2) is 5.01. The Kier molecular flexibility index (Phi) is 3.33. The number of carbonyl (C=O) groups is 1. The van der Waals surface area contributed by atoms with Gasteiger partial charge in [-0.2, -0.15) is 0 Å². The van der Waals surface area contributed by atoms with Crippen LogP contribution in [0.25, 0.3) is 0 Å². The molecule has 0 bridgehead atoms. The number of carbonyl (C=O) groups excluding carboxylic acids is 1. The van der Waals surface area contributed by atoms with Gasteiger partial charge in [0, 0.05) is 24.6 Å². The Balaban J connectivity index is 1.85. The lowest BCUT2D eigenvalue weighted by Gasteiger charge is -2.28. The van der Waals surface area contributed by atoms with Crippen molar-refractivity contribution in [3.8, 4) is 0 Å². The van der Waals surface area contributed by atoms with Crippen LogP contribution in [0.15, 0.2) is 22.8 Å². The molecule has 1 aliphatic heterocycles. The molecule has 20 heavy (non-hydrogen) atoms. The van der Waals surface area contributed by atoms with Crippen molar-refractivity contribution in [2.24, 2.45) is 7.05 Å². The molecule has 2 heterocycles. The Morgan fingerprint density at radius 1 is 1.35 bits per heavy atom. The van der Waals surface area contributed by atoms with Crippen LogP contribution < -0.4 is 0 Å². The van der Waals surface area contributed by atoms with E-state index >= 15 is 0 Å². The minimum Gasteiger partial charge on any atom is -0.333 e. The van der Waals surface area contributed by atoms with Gasteiger partial charge in [-0.1, -0.05) is 27.2 Å². The number of aryl methyl sites for hydroxylation is 2. The van der Waals surface area contributed by atoms with Crippen molar-refractivity contribution in [1.82, 2.24) is 19.9 Å². The molecule has 0 saturated carbocycles. The molecule has 1 aromatic carbocycles. The summed E-state index contributed by atoms with van der Waals surface area (Å²) in [5.41, 5.74) is 4.17. The molecule has 0 N–H and O–H groups in total. The Hall–Kier alpha value is -1.69. The first-order valence-corrected chi connectivity index (χ1v) is 7.27. The Bertz CT molecular complexity index is 680. The monoisotopic (exact) mass is 334 g/mol. The van der Waals surface area contributed by atoms with E-state index in [4.69, 9.17) is 0 Å². The third-order valence-electron chi connectivity index (χ3n) is 3.60. The molecule has 0 saturated heterocycles. The number of amides is 1. The van der Waals surface area contributed by atoms with E-state index in [9.17, 15) is 4.79 Å². The van der Waals surface area contributed by atoms with Gasteiger partial charge in [0.2, 0.25) is 0 Å². The predicted octanol–water partition coefficient (Wildman–Crippen LogP) is 2.08. The third-order valence-corrected chi connectivity index (χ3v) is 4.46. The molecule has 6 heteroatoms. The van der Waals surface area contributed by atoms with Gasteiger partial charge in [0.05, 0.1) is 6.20 Å². The molecule has 0 fully saturated rings. The summed E-state index contributed by atoms with van der Waals surface area (Å²) in [4.78, 5) is 14.2. The standard InChI is InChI=1S/C14H15BrN4O/c1-9-5-10-3-4-19(7-11(10)6-12(9)15)14(20)13-8-18(2)17-16-13/h5-6,8H,3-4,7H2,1-2H3. The highest BCUT2D eigenvalue weighted by atomic mass is 79.9. The Morgan fingerprint density at radius 3 is 2.85 bits per heavy atom. The first-order chi connectivity index (χ1) is 9.54. The second-order valence-electron chi connectivity index (χ2n) is 5.12. The van der Waals surface area contributed by atoms with Gasteiger partial charge >= 0.3 is 0 Å². The maximum Gasteiger partial charge on any atom is 0.276 e. The molecule has 3 rings (SSSR count). The zero-order chi connectivity index (χ0) is 14.3. The molecule has 0 radical (unpaired) electrons. The fourth-order valence-corrected chi connectivity index (χ4v) is 2.87. The first-order valence-electron chi connectivity index (χ1n) is 6.48. The van der Waals surface area contributed by atoms with Gasteiger partial charge in [-0.3, -0.25) is 9.48 Å². The number of halogens is 1. The molecule has 0 aliphatic carbocycles. The summed E-state index contributed by atoms with van der Waals surface area (Å²) in [6.45, 7) is 3.44. The van der Waals surface area contributed by atoms with Crippen molar-refractivity contribution in [1.29, 1.82) is 0 Å². The van der Waals surface area contributed by atoms with Crippen molar-refractivity contribution in [3.63, 3.8) is 0 Å². The molecular formula is C14H15BrN4O. The fourth-order valence-electron chi connectivity index (χ4n) is 2.48. The highest BCUT2D eigenvalue weighted by Gasteiger charge is 2.24. The van der Waals surface area contributed by atoms with Crippen LogP contribution in [-0.4, -0.2) is 32.3 Å². The van der Waals surface area contributed by atoms with Crippen LogP contribution in [0.4, 0.5) is 0 Å². The maximum absolute atomic E-state index is 12.4. The number of hydrogen-bond donors (Lipinski definition) is 0. The first kappa shape index (κ1) is 13.3. The van der Waals surface area contributed by atoms with Crippen LogP contribution in [-0.2, 0) is 20.0 Å². The number of fused-ring (bicyclic) bond motifs is 1. The van der Waals surface area contributed by atoms with Crippen LogP contribution >= 0.6 is 15.9 Å². The number of aromatic nitrogens is 3. The average molecular weight is 335 g/mol. The molecule has 5 nitrogen and oxygen atoms in total. The summed E-state index contributed by atoms with van der Waals surface area (Å²) >= 11 is 3.55. The average Bonchev–Trinajstić information content (AvgIpc) is 2.85. The van der Waals surface area contributed by atoms with E-state index in [1.54, 1.807) is 17.9 Å². The summed E-state index contributed by atoms with van der Waals surface area (Å²) in [7, 11) is 1.76. The van der Waals surface area contributed by atoms with Gasteiger partial charge in [0.15, 0.2) is 5.69 Å². The molecule has 1 aliphatic rings. The molecular weight excluding hydrogens is 320 g/mol. The van der Waals surface area contributed by atoms with Gasteiger partial charge in [-0.05, 0) is 36.1 Å². The van der Waals surface area contributed by atoms with E-state index in [0.717, 1.165) is 17.4 Å². The Morgan fingerprint density at radius 2 is 2.15 bits per heavy atom. The number of benzene rings is 1. The van der Waals surface area contributed by atoms with Crippen LogP contribution in [0.1, 0.15) is 27.2 Å². The largest absolute Gasteiger partial charge is 0.333 e. The van der Waals surface area contributed by atoms with Gasteiger partial charge in [0.25, 0.3) is 5.91 Å². The highest BCUT2D eigenvalue weighted by molar-refractivity contribution is 9.10. The minimum atomic E-state index is -0.0551. The molecule has 1 aromatic heterocycles. The summed E-state index contributed by atoms with van der Waals surface area (Å²) in [6, 6.07) is 4.31. The van der Waals surface area contributed by atoms with Crippen LogP contribution in [0.5, 0.6) is 0 Å². The van der Waals surface area contributed by atoms with Crippen LogP contribution in [0.2, 0.25) is 0 Å². The quantitative estimate of drug-likeness (QED) is 0.802. The SMILES string of the molecule is Cc1cc2c(cc1Br)CN(C(=O)c1cn(C)nn1)CC2. The smallest absolute Gasteiger partial charge is 0.276 e. The minimum absolute atomic E-state index is 0.0551. The van der Waals surface area contributed by atoms with Crippen molar-refractivity contribution in [2.45, 2.75) is 19.9 Å². The fraction of sp³-hybridized carbons (Fsp3) is 0.357. The van der Waals surface area contributed by atoms with Crippen LogP contribution in [0, 0.1) is 6.92 Å². The van der Waals surface area contributed by atoms with E-state index in [-0.39, 0.29) is 5.91 Å². The second-order valence-corrected chi connectivity index (χ2v) is 5.98. The molecule has 0 atom stereocenters. The summed E-state index contributed by atoms with van der Waals surface area (Å²) < 4.78 is 2.63. The van der Waals surface area contributed by atoms with Gasteiger partial charge < -0.3 is 4.90 Å². The van der Waals surface area contributed by atoms with Crippen molar-refractivity contribution in [2.75, 3.05) is 6.54 Å². The molecule has 1 amide bonds. The Labute approximate surface area is 125 Å². The lowest BCUT2D eigenvalue weighted by Crippen LogP contribution is -2.36. The molecule has 0 spiro atoms. The van der Waals surface area contributed by atoms with E-state index in [0.29, 0.717) is 12.2 Å². The van der Waals surface area contributed by atoms with E-state index < -0.39 is 0 Å². The topological polar surface area (TPSA) is 51.0 Å². The van der Waals surface area contributed by atoms with Gasteiger partial charge in [-0.25, -0.2) is 0 Å². The van der Waals surface area contributed by atoms with E-state index in [2.05, 4.69) is 45.3 Å². The summed E-state index contributed by atoms with van der Waals surface area (Å²) in [5.74, 6) is -0.0551. The lowest BCUT2D eigenvalue weighted by molar-refractivity contribution is 0.0728. The number of rotatable bonds is 1. The van der Waals surface area contributed by atoms with Crippen LogP contribution in [0.3, 0.4) is 0 Å². The van der Waals surface area contributed by atoms with Crippen molar-refractivity contribution in [3.05, 3.63) is 45.2 Å². The predicted molar refractivity (Wildman–Crippen MR) is 78.3 cm³/mol. The lowest BCUT2D eigenvalue weighted by atomic mass is 9.97. The normalized spacial score (nSPS) is 14.2. The van der Waals surface area contributed by atoms with Gasteiger partial charge in [0.1, 0.15) is 0 Å². The molecule has 0 unspecified atom stereocenters. The zero-order valence-electron chi connectivity index (χ0n) is 11.4. The summed E-state index contributed by atoms with van der Waals surface area (Å²) in [5, 5.41) is 7.71. The zero-order valence-corrected chi connectivity index (χ0v) is 13.0. The molecule has 2 aromatic rings. The van der Waals surface area contributed by atoms with Gasteiger partial charge in [-0.15, -0.1) is 5.10 Å². The van der Waals surface area contributed by atoms with Crippen molar-refractivity contribution >= 4 is 21.8 Å². The van der Waals surface area contributed by atoms with E-state index in [1.165, 1.54) is 16.7 Å².